The van der Waals surface area contributed by atoms with Crippen LogP contribution in [0.1, 0.15) is 102 Å². The Kier molecular flexibility index (Phi) is 18.9. The van der Waals surface area contributed by atoms with Gasteiger partial charge in [-0.3, -0.25) is 24.1 Å². The zero-order valence-electron chi connectivity index (χ0n) is 30.2. The molecule has 0 saturated heterocycles. The molecule has 0 atom stereocenters. The Labute approximate surface area is 267 Å². The highest BCUT2D eigenvalue weighted by Gasteiger charge is 2.41. The summed E-state index contributed by atoms with van der Waals surface area (Å²) >= 11 is 0. The smallest absolute Gasteiger partial charge is 0.225 e. The van der Waals surface area contributed by atoms with E-state index in [2.05, 4.69) is 39.6 Å². The molecule has 10 heteroatoms. The van der Waals surface area contributed by atoms with Crippen LogP contribution in [0.5, 0.6) is 0 Å². The van der Waals surface area contributed by atoms with E-state index in [0.29, 0.717) is 12.6 Å². The summed E-state index contributed by atoms with van der Waals surface area (Å²) in [6, 6.07) is 0.333. The van der Waals surface area contributed by atoms with Gasteiger partial charge in [-0.15, -0.1) is 0 Å². The lowest BCUT2D eigenvalue weighted by Crippen LogP contribution is -2.60. The van der Waals surface area contributed by atoms with E-state index in [1.165, 1.54) is 6.92 Å². The lowest BCUT2D eigenvalue weighted by atomic mass is 9.96. The standard InChI is InChI=1S/C34H64N2O8/c1-25(2)29(38)15-18-42-23-34(22-41-17-14-28(7)37,24-43-19-16-30(39)26(3)4)36(13)31(40)20-33(10,11)44-21-32(8,9)35(12)27(5)6/h25-27H,14-24H2,1-13H3. The Morgan fingerprint density at radius 1 is 0.659 bits per heavy atom. The number of carbonyl (C=O) groups is 4. The van der Waals surface area contributed by atoms with Gasteiger partial charge in [-0.1, -0.05) is 27.7 Å². The second-order valence-electron chi connectivity index (χ2n) is 14.3. The molecule has 0 unspecified atom stereocenters. The van der Waals surface area contributed by atoms with Gasteiger partial charge in [0.2, 0.25) is 5.91 Å². The predicted octanol–water partition coefficient (Wildman–Crippen LogP) is 4.75. The zero-order chi connectivity index (χ0) is 34.3. The van der Waals surface area contributed by atoms with Gasteiger partial charge >= 0.3 is 0 Å². The predicted molar refractivity (Wildman–Crippen MR) is 174 cm³/mol. The highest BCUT2D eigenvalue weighted by atomic mass is 16.5. The molecule has 0 aliphatic rings. The third kappa shape index (κ3) is 16.0. The van der Waals surface area contributed by atoms with Crippen molar-refractivity contribution in [3.63, 3.8) is 0 Å². The van der Waals surface area contributed by atoms with Gasteiger partial charge in [0.25, 0.3) is 0 Å². The van der Waals surface area contributed by atoms with Crippen LogP contribution >= 0.6 is 0 Å². The summed E-state index contributed by atoms with van der Waals surface area (Å²) in [4.78, 5) is 53.7. The molecular weight excluding hydrogens is 564 g/mol. The highest BCUT2D eigenvalue weighted by Crippen LogP contribution is 2.25. The number of hydrogen-bond acceptors (Lipinski definition) is 9. The fourth-order valence-electron chi connectivity index (χ4n) is 4.31. The van der Waals surface area contributed by atoms with Crippen molar-refractivity contribution in [1.82, 2.24) is 9.80 Å². The van der Waals surface area contributed by atoms with E-state index in [-0.39, 0.29) is 106 Å². The molecule has 0 spiro atoms. The number of ether oxygens (including phenoxy) is 4. The Balaban J connectivity index is 5.98. The first-order chi connectivity index (χ1) is 20.2. The summed E-state index contributed by atoms with van der Waals surface area (Å²) in [6.07, 6.45) is 0.838. The quantitative estimate of drug-likeness (QED) is 0.132. The molecule has 0 N–H and O–H groups in total. The molecule has 0 aromatic carbocycles. The van der Waals surface area contributed by atoms with Crippen LogP contribution in [0, 0.1) is 11.8 Å². The fraction of sp³-hybridized carbons (Fsp3) is 0.882. The maximum atomic E-state index is 13.9. The van der Waals surface area contributed by atoms with Crippen molar-refractivity contribution in [2.45, 2.75) is 125 Å². The largest absolute Gasteiger partial charge is 0.378 e. The van der Waals surface area contributed by atoms with Gasteiger partial charge in [0.05, 0.1) is 58.3 Å². The lowest BCUT2D eigenvalue weighted by Gasteiger charge is -2.43. The number of amides is 1. The third-order valence-corrected chi connectivity index (χ3v) is 8.19. The van der Waals surface area contributed by atoms with Crippen molar-refractivity contribution in [3.8, 4) is 0 Å². The van der Waals surface area contributed by atoms with Gasteiger partial charge in [0.1, 0.15) is 22.9 Å². The molecule has 0 bridgehead atoms. The van der Waals surface area contributed by atoms with Crippen molar-refractivity contribution in [2.24, 2.45) is 11.8 Å². The third-order valence-electron chi connectivity index (χ3n) is 8.19. The number of ketones is 3. The lowest BCUT2D eigenvalue weighted by molar-refractivity contribution is -0.157. The number of Topliss-reactive ketones (excluding diaryl/α,β-unsaturated/α-hetero) is 3. The van der Waals surface area contributed by atoms with Crippen molar-refractivity contribution in [2.75, 3.05) is 60.3 Å². The van der Waals surface area contributed by atoms with Crippen LogP contribution in [0.2, 0.25) is 0 Å². The molecule has 44 heavy (non-hydrogen) atoms. The Bertz CT molecular complexity index is 870. The first-order valence-corrected chi connectivity index (χ1v) is 16.1. The molecule has 0 heterocycles. The monoisotopic (exact) mass is 628 g/mol. The Morgan fingerprint density at radius 3 is 1.43 bits per heavy atom. The van der Waals surface area contributed by atoms with Crippen LogP contribution in [-0.2, 0) is 38.1 Å². The van der Waals surface area contributed by atoms with E-state index in [1.807, 2.05) is 41.5 Å². The second kappa shape index (κ2) is 19.7. The minimum absolute atomic E-state index is 0.00291. The van der Waals surface area contributed by atoms with Gasteiger partial charge in [-0.05, 0) is 55.5 Å². The van der Waals surface area contributed by atoms with Crippen molar-refractivity contribution in [3.05, 3.63) is 0 Å². The number of nitrogens with zero attached hydrogens (tertiary/aromatic N) is 2. The molecule has 10 nitrogen and oxygen atoms in total. The van der Waals surface area contributed by atoms with Crippen LogP contribution in [0.25, 0.3) is 0 Å². The Morgan fingerprint density at radius 2 is 1.07 bits per heavy atom. The van der Waals surface area contributed by atoms with E-state index in [0.717, 1.165) is 0 Å². The summed E-state index contributed by atoms with van der Waals surface area (Å²) in [5, 5.41) is 0. The van der Waals surface area contributed by atoms with Crippen LogP contribution < -0.4 is 0 Å². The molecule has 0 aromatic rings. The van der Waals surface area contributed by atoms with E-state index >= 15 is 0 Å². The van der Waals surface area contributed by atoms with Crippen LogP contribution in [0.3, 0.4) is 0 Å². The van der Waals surface area contributed by atoms with Gasteiger partial charge in [-0.2, -0.15) is 0 Å². The topological polar surface area (TPSA) is 112 Å². The van der Waals surface area contributed by atoms with Crippen molar-refractivity contribution >= 4 is 23.3 Å². The fourth-order valence-corrected chi connectivity index (χ4v) is 4.31. The molecule has 0 saturated carbocycles. The van der Waals surface area contributed by atoms with Gasteiger partial charge in [-0.25, -0.2) is 0 Å². The second-order valence-corrected chi connectivity index (χ2v) is 14.3. The molecular formula is C34H64N2O8. The SMILES string of the molecule is CC(=O)CCOCC(COCCC(=O)C(C)C)(COCCC(=O)C(C)C)N(C)C(=O)CC(C)(C)OCC(C)(C)N(C)C(C)C. The van der Waals surface area contributed by atoms with Gasteiger partial charge in [0.15, 0.2) is 0 Å². The summed E-state index contributed by atoms with van der Waals surface area (Å²) in [5.74, 6) is -0.216. The summed E-state index contributed by atoms with van der Waals surface area (Å²) in [6.45, 7) is 22.3. The maximum Gasteiger partial charge on any atom is 0.225 e. The van der Waals surface area contributed by atoms with E-state index in [4.69, 9.17) is 18.9 Å². The first kappa shape index (κ1) is 42.3. The van der Waals surface area contributed by atoms with E-state index in [1.54, 1.807) is 11.9 Å². The number of hydrogen-bond donors (Lipinski definition) is 0. The van der Waals surface area contributed by atoms with E-state index < -0.39 is 11.1 Å². The average Bonchev–Trinajstić information content (AvgIpc) is 2.92. The molecule has 0 fully saturated rings. The molecule has 258 valence electrons. The zero-order valence-corrected chi connectivity index (χ0v) is 30.2. The average molecular weight is 629 g/mol. The molecule has 0 aromatic heterocycles. The molecule has 0 radical (unpaired) electrons. The van der Waals surface area contributed by atoms with Gasteiger partial charge < -0.3 is 23.8 Å². The number of carbonyl (C=O) groups excluding carboxylic acids is 4. The van der Waals surface area contributed by atoms with Crippen LogP contribution in [-0.4, -0.2) is 116 Å². The maximum absolute atomic E-state index is 13.9. The number of likely N-dealkylation sites (N-methyl/N-ethyl adjacent to an activating group) is 2. The van der Waals surface area contributed by atoms with Crippen molar-refractivity contribution in [1.29, 1.82) is 0 Å². The minimum Gasteiger partial charge on any atom is -0.378 e. The molecule has 0 rings (SSSR count). The number of rotatable bonds is 25. The summed E-state index contributed by atoms with van der Waals surface area (Å²) in [5.41, 5.74) is -2.07. The van der Waals surface area contributed by atoms with Crippen LogP contribution in [0.4, 0.5) is 0 Å². The normalized spacial score (nSPS) is 12.9. The Hall–Kier alpha value is -1.72. The molecule has 0 aliphatic heterocycles. The first-order valence-electron chi connectivity index (χ1n) is 16.1. The van der Waals surface area contributed by atoms with E-state index in [9.17, 15) is 19.2 Å². The molecule has 0 aliphatic carbocycles. The van der Waals surface area contributed by atoms with Gasteiger partial charge in [0, 0.05) is 49.7 Å². The summed E-state index contributed by atoms with van der Waals surface area (Å²) in [7, 11) is 3.75. The minimum atomic E-state index is -1.07. The summed E-state index contributed by atoms with van der Waals surface area (Å²) < 4.78 is 24.3. The van der Waals surface area contributed by atoms with Crippen LogP contribution in [0.15, 0.2) is 0 Å². The highest BCUT2D eigenvalue weighted by molar-refractivity contribution is 5.80. The van der Waals surface area contributed by atoms with Crippen molar-refractivity contribution < 1.29 is 38.1 Å². The molecule has 1 amide bonds.